The van der Waals surface area contributed by atoms with Crippen LogP contribution in [0.25, 0.3) is 0 Å². The quantitative estimate of drug-likeness (QED) is 0.138. The van der Waals surface area contributed by atoms with Crippen LogP contribution in [0.2, 0.25) is 0 Å². The van der Waals surface area contributed by atoms with Gasteiger partial charge in [-0.1, -0.05) is 54.6 Å². The highest BCUT2D eigenvalue weighted by Gasteiger charge is 2.25. The van der Waals surface area contributed by atoms with Crippen LogP contribution in [0.15, 0.2) is 97.1 Å². The van der Waals surface area contributed by atoms with E-state index in [2.05, 4.69) is 16.0 Å². The van der Waals surface area contributed by atoms with Crippen molar-refractivity contribution in [1.29, 1.82) is 0 Å². The van der Waals surface area contributed by atoms with Gasteiger partial charge in [0.15, 0.2) is 0 Å². The van der Waals surface area contributed by atoms with Crippen LogP contribution in [0.4, 0.5) is 5.69 Å². The molecule has 0 fully saturated rings. The van der Waals surface area contributed by atoms with E-state index in [-0.39, 0.29) is 23.4 Å². The smallest absolute Gasteiger partial charge is 0.251 e. The number of aliphatic hydroxyl groups excluding tert-OH is 1. The SMILES string of the molecule is COc1cccc(CNC[C@@H](O)[C@H](Cc2ccccc2)NC(=O)c2cc(C(=O)N[C@@H](C)c3cccc(OC)c3)cc(N(C)S(C)(=O)=O)c2)c1. The van der Waals surface area contributed by atoms with Gasteiger partial charge >= 0.3 is 0 Å². The predicted molar refractivity (Wildman–Crippen MR) is 191 cm³/mol. The van der Waals surface area contributed by atoms with Crippen LogP contribution in [0, 0.1) is 0 Å². The Labute approximate surface area is 288 Å². The molecule has 0 saturated heterocycles. The third-order valence-corrected chi connectivity index (χ3v) is 9.35. The van der Waals surface area contributed by atoms with E-state index >= 15 is 0 Å². The van der Waals surface area contributed by atoms with Crippen molar-refractivity contribution in [3.8, 4) is 11.5 Å². The molecule has 0 spiro atoms. The summed E-state index contributed by atoms with van der Waals surface area (Å²) >= 11 is 0. The number of benzene rings is 4. The predicted octanol–water partition coefficient (Wildman–Crippen LogP) is 4.08. The van der Waals surface area contributed by atoms with Gasteiger partial charge in [-0.2, -0.15) is 0 Å². The van der Waals surface area contributed by atoms with Crippen molar-refractivity contribution in [3.63, 3.8) is 0 Å². The lowest BCUT2D eigenvalue weighted by Crippen LogP contribution is -2.48. The molecule has 0 aliphatic carbocycles. The van der Waals surface area contributed by atoms with E-state index < -0.39 is 40.0 Å². The van der Waals surface area contributed by atoms with E-state index in [1.54, 1.807) is 26.4 Å². The lowest BCUT2D eigenvalue weighted by Gasteiger charge is -2.26. The third-order valence-electron chi connectivity index (χ3n) is 8.14. The Balaban J connectivity index is 1.58. The summed E-state index contributed by atoms with van der Waals surface area (Å²) in [6.45, 7) is 2.44. The van der Waals surface area contributed by atoms with E-state index in [9.17, 15) is 23.1 Å². The number of nitrogens with one attached hydrogen (secondary N) is 3. The molecule has 0 aliphatic heterocycles. The number of carbonyl (C=O) groups excluding carboxylic acids is 2. The van der Waals surface area contributed by atoms with Crippen molar-refractivity contribution in [1.82, 2.24) is 16.0 Å². The molecule has 2 amide bonds. The molecular formula is C37H44N4O7S. The highest BCUT2D eigenvalue weighted by molar-refractivity contribution is 7.92. The summed E-state index contributed by atoms with van der Waals surface area (Å²) in [5, 5.41) is 20.4. The van der Waals surface area contributed by atoms with Crippen LogP contribution in [0.1, 0.15) is 50.4 Å². The van der Waals surface area contributed by atoms with E-state index in [0.717, 1.165) is 33.0 Å². The van der Waals surface area contributed by atoms with Crippen molar-refractivity contribution in [2.75, 3.05) is 38.4 Å². The van der Waals surface area contributed by atoms with Crippen LogP contribution >= 0.6 is 0 Å². The zero-order valence-corrected chi connectivity index (χ0v) is 29.2. The summed E-state index contributed by atoms with van der Waals surface area (Å²) in [6.07, 6.45) is 0.362. The molecule has 11 nitrogen and oxygen atoms in total. The number of hydrogen-bond donors (Lipinski definition) is 4. The number of ether oxygens (including phenoxy) is 2. The number of aliphatic hydroxyl groups is 1. The second kappa shape index (κ2) is 17.0. The fourth-order valence-electron chi connectivity index (χ4n) is 5.21. The van der Waals surface area contributed by atoms with Gasteiger partial charge in [0, 0.05) is 31.3 Å². The molecule has 49 heavy (non-hydrogen) atoms. The minimum atomic E-state index is -3.73. The molecule has 4 aromatic rings. The topological polar surface area (TPSA) is 146 Å². The Morgan fingerprint density at radius 3 is 2.02 bits per heavy atom. The van der Waals surface area contributed by atoms with Crippen molar-refractivity contribution in [3.05, 3.63) is 125 Å². The third kappa shape index (κ3) is 10.5. The molecule has 0 saturated carbocycles. The Morgan fingerprint density at radius 1 is 0.796 bits per heavy atom. The number of rotatable bonds is 16. The zero-order valence-electron chi connectivity index (χ0n) is 28.3. The molecule has 4 aromatic carbocycles. The lowest BCUT2D eigenvalue weighted by atomic mass is 10.00. The molecule has 4 rings (SSSR count). The summed E-state index contributed by atoms with van der Waals surface area (Å²) in [7, 11) is 0.775. The monoisotopic (exact) mass is 688 g/mol. The minimum absolute atomic E-state index is 0.0572. The van der Waals surface area contributed by atoms with Gasteiger partial charge in [0.1, 0.15) is 11.5 Å². The summed E-state index contributed by atoms with van der Waals surface area (Å²) < 4.78 is 36.6. The summed E-state index contributed by atoms with van der Waals surface area (Å²) in [5.74, 6) is 0.278. The molecule has 260 valence electrons. The van der Waals surface area contributed by atoms with Crippen molar-refractivity contribution < 1.29 is 32.6 Å². The number of methoxy groups -OCH3 is 2. The first kappa shape index (κ1) is 36.9. The van der Waals surface area contributed by atoms with Gasteiger partial charge in [0.2, 0.25) is 10.0 Å². The fourth-order valence-corrected chi connectivity index (χ4v) is 5.70. The maximum absolute atomic E-state index is 13.9. The maximum Gasteiger partial charge on any atom is 0.251 e. The first-order valence-corrected chi connectivity index (χ1v) is 17.6. The Morgan fingerprint density at radius 2 is 1.39 bits per heavy atom. The van der Waals surface area contributed by atoms with Crippen LogP contribution in [0.5, 0.6) is 11.5 Å². The summed E-state index contributed by atoms with van der Waals surface area (Å²) in [5.41, 5.74) is 2.95. The van der Waals surface area contributed by atoms with Gasteiger partial charge in [-0.05, 0) is 72.5 Å². The summed E-state index contributed by atoms with van der Waals surface area (Å²) in [4.78, 5) is 27.4. The average Bonchev–Trinajstić information content (AvgIpc) is 3.10. The largest absolute Gasteiger partial charge is 0.497 e. The van der Waals surface area contributed by atoms with Gasteiger partial charge in [-0.15, -0.1) is 0 Å². The summed E-state index contributed by atoms with van der Waals surface area (Å²) in [6, 6.07) is 27.4. The van der Waals surface area contributed by atoms with E-state index in [1.807, 2.05) is 73.7 Å². The van der Waals surface area contributed by atoms with E-state index in [4.69, 9.17) is 9.47 Å². The van der Waals surface area contributed by atoms with Crippen LogP contribution in [-0.2, 0) is 23.0 Å². The molecule has 0 radical (unpaired) electrons. The van der Waals surface area contributed by atoms with Crippen molar-refractivity contribution in [2.24, 2.45) is 0 Å². The first-order chi connectivity index (χ1) is 23.4. The fraction of sp³-hybridized carbons (Fsp3) is 0.297. The van der Waals surface area contributed by atoms with Gasteiger partial charge in [-0.3, -0.25) is 13.9 Å². The molecule has 3 atom stereocenters. The Hall–Kier alpha value is -4.91. The molecule has 4 N–H and O–H groups in total. The highest BCUT2D eigenvalue weighted by atomic mass is 32.2. The molecule has 0 aliphatic rings. The molecule has 12 heteroatoms. The molecular weight excluding hydrogens is 644 g/mol. The van der Waals surface area contributed by atoms with Gasteiger partial charge in [0.05, 0.1) is 44.4 Å². The number of anilines is 1. The first-order valence-electron chi connectivity index (χ1n) is 15.8. The minimum Gasteiger partial charge on any atom is -0.497 e. The zero-order chi connectivity index (χ0) is 35.6. The van der Waals surface area contributed by atoms with Crippen LogP contribution in [0.3, 0.4) is 0 Å². The van der Waals surface area contributed by atoms with Crippen molar-refractivity contribution in [2.45, 2.75) is 38.1 Å². The molecule has 0 aromatic heterocycles. The molecule has 0 unspecified atom stereocenters. The number of amides is 2. The van der Waals surface area contributed by atoms with Gasteiger partial charge < -0.3 is 30.5 Å². The molecule has 0 bridgehead atoms. The second-order valence-corrected chi connectivity index (χ2v) is 13.8. The standard InChI is InChI=1S/C37H44N4O7S/c1-25(28-14-10-16-33(22-28)48-4)39-36(43)29-19-30(21-31(20-29)41(2)49(5,45)46)37(44)40-34(18-26-11-7-6-8-12-26)35(42)24-38-23-27-13-9-15-32(17-27)47-3/h6-17,19-22,25,34-35,38,42H,18,23-24H2,1-5H3,(H,39,43)(H,40,44)/t25-,34-,35+/m0/s1. The van der Waals surface area contributed by atoms with Crippen LogP contribution in [-0.4, -0.2) is 71.6 Å². The number of hydrogen-bond acceptors (Lipinski definition) is 8. The van der Waals surface area contributed by atoms with Gasteiger partial charge in [0.25, 0.3) is 11.8 Å². The van der Waals surface area contributed by atoms with E-state index in [0.29, 0.717) is 18.7 Å². The number of carbonyl (C=O) groups is 2. The average molecular weight is 689 g/mol. The Kier molecular flexibility index (Phi) is 12.8. The molecule has 0 heterocycles. The lowest BCUT2D eigenvalue weighted by molar-refractivity contribution is 0.0830. The number of nitrogens with zero attached hydrogens (tertiary/aromatic N) is 1. The highest BCUT2D eigenvalue weighted by Crippen LogP contribution is 2.23. The number of sulfonamides is 1. The van der Waals surface area contributed by atoms with Gasteiger partial charge in [-0.25, -0.2) is 8.42 Å². The van der Waals surface area contributed by atoms with Crippen LogP contribution < -0.4 is 29.7 Å². The normalized spacial score (nSPS) is 13.1. The Bertz CT molecular complexity index is 1840. The maximum atomic E-state index is 13.9. The second-order valence-electron chi connectivity index (χ2n) is 11.8. The van der Waals surface area contributed by atoms with E-state index in [1.165, 1.54) is 25.2 Å². The van der Waals surface area contributed by atoms with Crippen molar-refractivity contribution >= 4 is 27.5 Å².